The van der Waals surface area contributed by atoms with Gasteiger partial charge in [-0.15, -0.1) is 0 Å². The highest BCUT2D eigenvalue weighted by Crippen LogP contribution is 2.35. The largest absolute Gasteiger partial charge is 0.455 e. The van der Waals surface area contributed by atoms with Crippen LogP contribution in [0, 0.1) is 6.92 Å². The fourth-order valence-electron chi connectivity index (χ4n) is 2.12. The molecule has 0 unspecified atom stereocenters. The molecular weight excluding hydrogens is 293 g/mol. The van der Waals surface area contributed by atoms with Crippen LogP contribution in [-0.2, 0) is 0 Å². The molecule has 2 nitrogen and oxygen atoms in total. The summed E-state index contributed by atoms with van der Waals surface area (Å²) in [6, 6.07) is 9.23. The Morgan fingerprint density at radius 1 is 1.05 bits per heavy atom. The van der Waals surface area contributed by atoms with Gasteiger partial charge in [0.1, 0.15) is 5.75 Å². The van der Waals surface area contributed by atoms with Crippen LogP contribution in [0.4, 0.5) is 5.69 Å². The van der Waals surface area contributed by atoms with E-state index < -0.39 is 0 Å². The van der Waals surface area contributed by atoms with Crippen LogP contribution >= 0.6 is 23.2 Å². The first-order valence-electron chi connectivity index (χ1n) is 6.41. The van der Waals surface area contributed by atoms with Gasteiger partial charge in [0.2, 0.25) is 0 Å². The number of halogens is 2. The second-order valence-corrected chi connectivity index (χ2v) is 5.89. The van der Waals surface area contributed by atoms with E-state index in [4.69, 9.17) is 33.7 Å². The topological polar surface area (TPSA) is 35.2 Å². The number of aryl methyl sites for hydroxylation is 1. The molecule has 2 aromatic rings. The second kappa shape index (κ2) is 5.94. The van der Waals surface area contributed by atoms with E-state index >= 15 is 0 Å². The van der Waals surface area contributed by atoms with E-state index in [0.717, 1.165) is 5.75 Å². The Morgan fingerprint density at radius 3 is 2.30 bits per heavy atom. The number of ether oxygens (including phenoxy) is 1. The predicted molar refractivity (Wildman–Crippen MR) is 86.2 cm³/mol. The van der Waals surface area contributed by atoms with Gasteiger partial charge in [-0.25, -0.2) is 0 Å². The summed E-state index contributed by atoms with van der Waals surface area (Å²) < 4.78 is 5.79. The number of rotatable bonds is 3. The van der Waals surface area contributed by atoms with Crippen molar-refractivity contribution in [3.63, 3.8) is 0 Å². The SMILES string of the molecule is Cc1cc(Oc2cc(Cl)c(Cl)cc2N)ccc1C(C)C. The highest BCUT2D eigenvalue weighted by atomic mass is 35.5. The zero-order valence-electron chi connectivity index (χ0n) is 11.7. The molecule has 0 bridgehead atoms. The van der Waals surface area contributed by atoms with Crippen molar-refractivity contribution in [3.05, 3.63) is 51.5 Å². The minimum absolute atomic E-state index is 0.419. The Balaban J connectivity index is 2.31. The molecule has 0 heterocycles. The molecule has 0 spiro atoms. The number of benzene rings is 2. The van der Waals surface area contributed by atoms with E-state index in [-0.39, 0.29) is 0 Å². The van der Waals surface area contributed by atoms with Crippen molar-refractivity contribution in [2.75, 3.05) is 5.73 Å². The number of nitrogens with two attached hydrogens (primary N) is 1. The van der Waals surface area contributed by atoms with Crippen molar-refractivity contribution in [2.24, 2.45) is 0 Å². The van der Waals surface area contributed by atoms with Gasteiger partial charge < -0.3 is 10.5 Å². The van der Waals surface area contributed by atoms with Gasteiger partial charge in [-0.1, -0.05) is 43.1 Å². The number of anilines is 1. The summed E-state index contributed by atoms with van der Waals surface area (Å²) in [6.07, 6.45) is 0. The summed E-state index contributed by atoms with van der Waals surface area (Å²) in [6.45, 7) is 6.40. The van der Waals surface area contributed by atoms with Gasteiger partial charge in [0.15, 0.2) is 5.75 Å². The lowest BCUT2D eigenvalue weighted by atomic mass is 9.98. The van der Waals surface area contributed by atoms with Crippen LogP contribution in [0.3, 0.4) is 0 Å². The highest BCUT2D eigenvalue weighted by Gasteiger charge is 2.09. The van der Waals surface area contributed by atoms with Gasteiger partial charge in [0.25, 0.3) is 0 Å². The first-order valence-corrected chi connectivity index (χ1v) is 7.17. The molecule has 0 saturated heterocycles. The summed E-state index contributed by atoms with van der Waals surface area (Å²) in [4.78, 5) is 0. The fourth-order valence-corrected chi connectivity index (χ4v) is 2.44. The van der Waals surface area contributed by atoms with Gasteiger partial charge in [0, 0.05) is 6.07 Å². The first-order chi connectivity index (χ1) is 9.38. The molecule has 0 aliphatic carbocycles. The van der Waals surface area contributed by atoms with Crippen molar-refractivity contribution in [1.82, 2.24) is 0 Å². The summed E-state index contributed by atoms with van der Waals surface area (Å²) in [5.74, 6) is 1.73. The van der Waals surface area contributed by atoms with Crippen LogP contribution in [-0.4, -0.2) is 0 Å². The van der Waals surface area contributed by atoms with E-state index in [2.05, 4.69) is 26.8 Å². The first kappa shape index (κ1) is 15.0. The zero-order chi connectivity index (χ0) is 14.9. The van der Waals surface area contributed by atoms with Crippen molar-refractivity contribution >= 4 is 28.9 Å². The number of nitrogen functional groups attached to an aromatic ring is 1. The number of hydrogen-bond donors (Lipinski definition) is 1. The van der Waals surface area contributed by atoms with Gasteiger partial charge in [0.05, 0.1) is 15.7 Å². The Morgan fingerprint density at radius 2 is 1.70 bits per heavy atom. The van der Waals surface area contributed by atoms with Gasteiger partial charge >= 0.3 is 0 Å². The Hall–Kier alpha value is -1.38. The van der Waals surface area contributed by atoms with Crippen LogP contribution in [0.5, 0.6) is 11.5 Å². The van der Waals surface area contributed by atoms with Crippen LogP contribution in [0.1, 0.15) is 30.9 Å². The smallest absolute Gasteiger partial charge is 0.151 e. The lowest BCUT2D eigenvalue weighted by Crippen LogP contribution is -1.95. The summed E-state index contributed by atoms with van der Waals surface area (Å²) in [5.41, 5.74) is 8.85. The molecule has 0 aliphatic heterocycles. The maximum absolute atomic E-state index is 5.98. The summed E-state index contributed by atoms with van der Waals surface area (Å²) >= 11 is 11.9. The maximum Gasteiger partial charge on any atom is 0.151 e. The molecular formula is C16H17Cl2NO. The van der Waals surface area contributed by atoms with Gasteiger partial charge in [-0.2, -0.15) is 0 Å². The van der Waals surface area contributed by atoms with Crippen molar-refractivity contribution in [2.45, 2.75) is 26.7 Å². The van der Waals surface area contributed by atoms with Gasteiger partial charge in [-0.3, -0.25) is 0 Å². The zero-order valence-corrected chi connectivity index (χ0v) is 13.2. The Labute approximate surface area is 129 Å². The third-order valence-corrected chi connectivity index (χ3v) is 3.87. The molecule has 2 aromatic carbocycles. The molecule has 2 N–H and O–H groups in total. The van der Waals surface area contributed by atoms with Crippen LogP contribution in [0.2, 0.25) is 10.0 Å². The second-order valence-electron chi connectivity index (χ2n) is 5.08. The molecule has 0 saturated carbocycles. The quantitative estimate of drug-likeness (QED) is 0.727. The van der Waals surface area contributed by atoms with E-state index in [0.29, 0.717) is 27.4 Å². The molecule has 0 amide bonds. The van der Waals surface area contributed by atoms with Crippen LogP contribution in [0.15, 0.2) is 30.3 Å². The van der Waals surface area contributed by atoms with E-state index in [1.807, 2.05) is 12.1 Å². The molecule has 106 valence electrons. The van der Waals surface area contributed by atoms with E-state index in [1.54, 1.807) is 12.1 Å². The molecule has 0 aliphatic rings. The number of hydrogen-bond acceptors (Lipinski definition) is 2. The summed E-state index contributed by atoms with van der Waals surface area (Å²) in [5, 5.41) is 0.842. The molecule has 0 aromatic heterocycles. The van der Waals surface area contributed by atoms with Crippen molar-refractivity contribution in [1.29, 1.82) is 0 Å². The summed E-state index contributed by atoms with van der Waals surface area (Å²) in [7, 11) is 0. The predicted octanol–water partition coefficient (Wildman–Crippen LogP) is 5.80. The Kier molecular flexibility index (Phi) is 4.46. The van der Waals surface area contributed by atoms with Crippen LogP contribution in [0.25, 0.3) is 0 Å². The van der Waals surface area contributed by atoms with Gasteiger partial charge in [-0.05, 0) is 42.2 Å². The minimum atomic E-state index is 0.419. The lowest BCUT2D eigenvalue weighted by Gasteiger charge is -2.13. The van der Waals surface area contributed by atoms with Crippen molar-refractivity contribution < 1.29 is 4.74 Å². The van der Waals surface area contributed by atoms with E-state index in [1.165, 1.54) is 11.1 Å². The normalized spacial score (nSPS) is 10.9. The molecule has 4 heteroatoms. The monoisotopic (exact) mass is 309 g/mol. The lowest BCUT2D eigenvalue weighted by molar-refractivity contribution is 0.484. The van der Waals surface area contributed by atoms with E-state index in [9.17, 15) is 0 Å². The Bertz CT molecular complexity index is 639. The molecule has 0 radical (unpaired) electrons. The molecule has 20 heavy (non-hydrogen) atoms. The molecule has 2 rings (SSSR count). The minimum Gasteiger partial charge on any atom is -0.455 e. The van der Waals surface area contributed by atoms with Crippen LogP contribution < -0.4 is 10.5 Å². The highest BCUT2D eigenvalue weighted by molar-refractivity contribution is 6.42. The average molecular weight is 310 g/mol. The third kappa shape index (κ3) is 3.20. The fraction of sp³-hybridized carbons (Fsp3) is 0.250. The van der Waals surface area contributed by atoms with Crippen molar-refractivity contribution in [3.8, 4) is 11.5 Å². The standard InChI is InChI=1S/C16H17Cl2NO/c1-9(2)12-5-4-11(6-10(12)3)20-16-8-14(18)13(17)7-15(16)19/h4-9H,19H2,1-3H3. The molecule has 0 fully saturated rings. The average Bonchev–Trinajstić information content (AvgIpc) is 2.35. The molecule has 0 atom stereocenters. The third-order valence-electron chi connectivity index (χ3n) is 3.14. The maximum atomic E-state index is 5.98.